The Balaban J connectivity index is 1.93. The Morgan fingerprint density at radius 1 is 1.53 bits per heavy atom. The number of carbonyl (C=O) groups is 1. The summed E-state index contributed by atoms with van der Waals surface area (Å²) in [6.45, 7) is 0. The third-order valence-electron chi connectivity index (χ3n) is 2.79. The van der Waals surface area contributed by atoms with Crippen molar-refractivity contribution in [3.8, 4) is 5.75 Å². The van der Waals surface area contributed by atoms with Gasteiger partial charge in [0.2, 0.25) is 5.91 Å². The molecule has 0 radical (unpaired) electrons. The average Bonchev–Trinajstić information content (AvgIpc) is 2.76. The van der Waals surface area contributed by atoms with E-state index in [0.717, 1.165) is 18.9 Å². The molecule has 1 aliphatic rings. The molecule has 1 amide bonds. The smallest absolute Gasteiger partial charge is 0.224 e. The molecule has 1 atom stereocenters. The first-order valence-corrected chi connectivity index (χ1v) is 5.60. The van der Waals surface area contributed by atoms with Crippen LogP contribution in [-0.2, 0) is 4.79 Å². The van der Waals surface area contributed by atoms with E-state index < -0.39 is 11.6 Å². The third kappa shape index (κ3) is 3.06. The van der Waals surface area contributed by atoms with Crippen molar-refractivity contribution in [2.24, 2.45) is 5.92 Å². The molecule has 90 valence electrons. The van der Waals surface area contributed by atoms with Crippen molar-refractivity contribution in [1.29, 1.82) is 0 Å². The van der Waals surface area contributed by atoms with Crippen LogP contribution in [0.1, 0.15) is 19.3 Å². The first kappa shape index (κ1) is 11.6. The molecule has 0 spiro atoms. The van der Waals surface area contributed by atoms with Crippen LogP contribution in [0.4, 0.5) is 10.1 Å². The summed E-state index contributed by atoms with van der Waals surface area (Å²) < 4.78 is 13.0. The number of amides is 1. The van der Waals surface area contributed by atoms with Gasteiger partial charge < -0.3 is 10.4 Å². The van der Waals surface area contributed by atoms with Gasteiger partial charge in [0.25, 0.3) is 0 Å². The summed E-state index contributed by atoms with van der Waals surface area (Å²) in [4.78, 5) is 11.6. The van der Waals surface area contributed by atoms with E-state index in [4.69, 9.17) is 5.11 Å². The number of benzene rings is 1. The van der Waals surface area contributed by atoms with Crippen LogP contribution >= 0.6 is 0 Å². The number of nitrogens with one attached hydrogen (secondary N) is 1. The summed E-state index contributed by atoms with van der Waals surface area (Å²) in [5.74, 6) is -0.992. The Morgan fingerprint density at radius 3 is 3.00 bits per heavy atom. The molecule has 2 N–H and O–H groups in total. The molecular formula is C13H14FNO2. The van der Waals surface area contributed by atoms with Crippen LogP contribution in [0, 0.1) is 11.7 Å². The second-order valence-corrected chi connectivity index (χ2v) is 4.18. The number of aromatic hydroxyl groups is 1. The van der Waals surface area contributed by atoms with Crippen LogP contribution in [0.5, 0.6) is 5.75 Å². The van der Waals surface area contributed by atoms with E-state index >= 15 is 0 Å². The van der Waals surface area contributed by atoms with Gasteiger partial charge in [-0.3, -0.25) is 4.79 Å². The normalized spacial score (nSPS) is 18.3. The summed E-state index contributed by atoms with van der Waals surface area (Å²) in [6, 6.07) is 3.80. The van der Waals surface area contributed by atoms with Crippen molar-refractivity contribution in [1.82, 2.24) is 0 Å². The molecule has 1 aromatic rings. The molecule has 1 unspecified atom stereocenters. The van der Waals surface area contributed by atoms with Crippen molar-refractivity contribution >= 4 is 11.6 Å². The van der Waals surface area contributed by atoms with Crippen LogP contribution < -0.4 is 5.32 Å². The lowest BCUT2D eigenvalue weighted by Crippen LogP contribution is -2.14. The van der Waals surface area contributed by atoms with Gasteiger partial charge in [0.15, 0.2) is 11.6 Å². The Labute approximate surface area is 99.0 Å². The Morgan fingerprint density at radius 2 is 2.35 bits per heavy atom. The van der Waals surface area contributed by atoms with Crippen LogP contribution in [0.25, 0.3) is 0 Å². The molecule has 0 saturated carbocycles. The fourth-order valence-corrected chi connectivity index (χ4v) is 1.90. The second kappa shape index (κ2) is 4.99. The molecule has 3 nitrogen and oxygen atoms in total. The summed E-state index contributed by atoms with van der Waals surface area (Å²) in [5, 5.41) is 11.6. The highest BCUT2D eigenvalue weighted by molar-refractivity contribution is 5.91. The summed E-state index contributed by atoms with van der Waals surface area (Å²) in [7, 11) is 0. The van der Waals surface area contributed by atoms with Crippen LogP contribution in [-0.4, -0.2) is 11.0 Å². The van der Waals surface area contributed by atoms with Gasteiger partial charge in [-0.25, -0.2) is 4.39 Å². The molecule has 2 rings (SSSR count). The molecule has 0 bridgehead atoms. The van der Waals surface area contributed by atoms with Crippen LogP contribution in [0.3, 0.4) is 0 Å². The minimum Gasteiger partial charge on any atom is -0.505 e. The molecule has 0 saturated heterocycles. The number of anilines is 1. The Kier molecular flexibility index (Phi) is 3.42. The standard InChI is InChI=1S/C13H14FNO2/c14-11-8-10(5-6-12(11)16)15-13(17)7-9-3-1-2-4-9/h1,3,5-6,8-9,16H,2,4,7H2,(H,15,17). The van der Waals surface area contributed by atoms with E-state index in [9.17, 15) is 9.18 Å². The SMILES string of the molecule is O=C(CC1C=CCC1)Nc1ccc(O)c(F)c1. The molecule has 1 aromatic carbocycles. The van der Waals surface area contributed by atoms with Crippen molar-refractivity contribution in [2.45, 2.75) is 19.3 Å². The highest BCUT2D eigenvalue weighted by Crippen LogP contribution is 2.22. The number of carbonyl (C=O) groups excluding carboxylic acids is 1. The van der Waals surface area contributed by atoms with Gasteiger partial charge in [-0.15, -0.1) is 0 Å². The molecule has 4 heteroatoms. The van der Waals surface area contributed by atoms with E-state index in [0.29, 0.717) is 12.1 Å². The molecule has 1 aliphatic carbocycles. The number of halogens is 1. The fourth-order valence-electron chi connectivity index (χ4n) is 1.90. The first-order valence-electron chi connectivity index (χ1n) is 5.60. The monoisotopic (exact) mass is 235 g/mol. The number of hydrogen-bond donors (Lipinski definition) is 2. The highest BCUT2D eigenvalue weighted by Gasteiger charge is 2.14. The number of phenols is 1. The fraction of sp³-hybridized carbons (Fsp3) is 0.308. The quantitative estimate of drug-likeness (QED) is 0.625. The number of hydrogen-bond acceptors (Lipinski definition) is 2. The number of phenolic OH excluding ortho intramolecular Hbond substituents is 1. The Hall–Kier alpha value is -1.84. The van der Waals surface area contributed by atoms with E-state index in [2.05, 4.69) is 11.4 Å². The van der Waals surface area contributed by atoms with Gasteiger partial charge in [-0.05, 0) is 30.9 Å². The summed E-state index contributed by atoms with van der Waals surface area (Å²) >= 11 is 0. The van der Waals surface area contributed by atoms with E-state index in [-0.39, 0.29) is 11.8 Å². The zero-order chi connectivity index (χ0) is 12.3. The Bertz CT molecular complexity index is 457. The summed E-state index contributed by atoms with van der Waals surface area (Å²) in [6.07, 6.45) is 6.54. The average molecular weight is 235 g/mol. The first-order chi connectivity index (χ1) is 8.15. The molecule has 0 aromatic heterocycles. The lowest BCUT2D eigenvalue weighted by molar-refractivity contribution is -0.116. The van der Waals surface area contributed by atoms with E-state index in [1.807, 2.05) is 6.08 Å². The topological polar surface area (TPSA) is 49.3 Å². The number of allylic oxidation sites excluding steroid dienone is 2. The molecule has 0 heterocycles. The van der Waals surface area contributed by atoms with Crippen molar-refractivity contribution in [3.63, 3.8) is 0 Å². The van der Waals surface area contributed by atoms with Gasteiger partial charge in [-0.2, -0.15) is 0 Å². The minimum absolute atomic E-state index is 0.133. The predicted molar refractivity (Wildman–Crippen MR) is 63.2 cm³/mol. The van der Waals surface area contributed by atoms with Crippen LogP contribution in [0.2, 0.25) is 0 Å². The molecule has 0 aliphatic heterocycles. The second-order valence-electron chi connectivity index (χ2n) is 4.18. The van der Waals surface area contributed by atoms with Crippen molar-refractivity contribution in [2.75, 3.05) is 5.32 Å². The molecular weight excluding hydrogens is 221 g/mol. The maximum Gasteiger partial charge on any atom is 0.224 e. The maximum absolute atomic E-state index is 13.0. The largest absolute Gasteiger partial charge is 0.505 e. The number of rotatable bonds is 3. The van der Waals surface area contributed by atoms with Crippen molar-refractivity contribution < 1.29 is 14.3 Å². The summed E-state index contributed by atoms with van der Waals surface area (Å²) in [5.41, 5.74) is 0.368. The van der Waals surface area contributed by atoms with Gasteiger partial charge in [0.05, 0.1) is 0 Å². The van der Waals surface area contributed by atoms with Gasteiger partial charge in [-0.1, -0.05) is 12.2 Å². The molecule has 17 heavy (non-hydrogen) atoms. The van der Waals surface area contributed by atoms with E-state index in [1.54, 1.807) is 0 Å². The zero-order valence-electron chi connectivity index (χ0n) is 9.32. The van der Waals surface area contributed by atoms with Crippen molar-refractivity contribution in [3.05, 3.63) is 36.2 Å². The van der Waals surface area contributed by atoms with Crippen LogP contribution in [0.15, 0.2) is 30.4 Å². The molecule has 0 fully saturated rings. The van der Waals surface area contributed by atoms with Gasteiger partial charge >= 0.3 is 0 Å². The zero-order valence-corrected chi connectivity index (χ0v) is 9.32. The van der Waals surface area contributed by atoms with Gasteiger partial charge in [0, 0.05) is 18.2 Å². The third-order valence-corrected chi connectivity index (χ3v) is 2.79. The van der Waals surface area contributed by atoms with E-state index in [1.165, 1.54) is 12.1 Å². The lowest BCUT2D eigenvalue weighted by atomic mass is 10.1. The predicted octanol–water partition coefficient (Wildman–Crippen LogP) is 2.83. The minimum atomic E-state index is -0.733. The highest BCUT2D eigenvalue weighted by atomic mass is 19.1. The van der Waals surface area contributed by atoms with Gasteiger partial charge in [0.1, 0.15) is 0 Å². The lowest BCUT2D eigenvalue weighted by Gasteiger charge is -2.09. The maximum atomic E-state index is 13.0.